The highest BCUT2D eigenvalue weighted by atomic mass is 79.9. The number of benzene rings is 1. The van der Waals surface area contributed by atoms with Gasteiger partial charge < -0.3 is 5.11 Å². The zero-order chi connectivity index (χ0) is 17.3. The van der Waals surface area contributed by atoms with E-state index in [0.717, 1.165) is 6.07 Å². The van der Waals surface area contributed by atoms with E-state index in [2.05, 4.69) is 25.9 Å². The minimum atomic E-state index is -4.50. The molecule has 3 nitrogen and oxygen atoms in total. The Labute approximate surface area is 140 Å². The Hall–Kier alpha value is -1.47. The first-order chi connectivity index (χ1) is 10.7. The summed E-state index contributed by atoms with van der Waals surface area (Å²) in [6.07, 6.45) is -0.216. The monoisotopic (exact) mass is 388 g/mol. The lowest BCUT2D eigenvalue weighted by atomic mass is 9.71. The lowest BCUT2D eigenvalue weighted by Gasteiger charge is -2.34. The number of aromatic nitrogens is 2. The van der Waals surface area contributed by atoms with E-state index in [-0.39, 0.29) is 12.2 Å². The van der Waals surface area contributed by atoms with Gasteiger partial charge in [-0.15, -0.1) is 0 Å². The van der Waals surface area contributed by atoms with Crippen LogP contribution < -0.4 is 0 Å². The molecule has 1 aromatic heterocycles. The van der Waals surface area contributed by atoms with E-state index in [0.29, 0.717) is 10.0 Å². The van der Waals surface area contributed by atoms with Gasteiger partial charge in [0.2, 0.25) is 0 Å². The third-order valence-electron chi connectivity index (χ3n) is 3.73. The molecule has 0 spiro atoms. The first-order valence-corrected chi connectivity index (χ1v) is 7.68. The molecule has 1 aromatic carbocycles. The number of nitrogens with zero attached hydrogens (tertiary/aromatic N) is 2. The average Bonchev–Trinajstić information content (AvgIpc) is 2.49. The molecule has 0 fully saturated rings. The van der Waals surface area contributed by atoms with Crippen molar-refractivity contribution in [3.8, 4) is 0 Å². The summed E-state index contributed by atoms with van der Waals surface area (Å²) < 4.78 is 40.8. The molecule has 7 heteroatoms. The van der Waals surface area contributed by atoms with E-state index >= 15 is 0 Å². The Kier molecular flexibility index (Phi) is 5.10. The van der Waals surface area contributed by atoms with Gasteiger partial charge >= 0.3 is 6.18 Å². The highest BCUT2D eigenvalue weighted by Crippen LogP contribution is 2.45. The van der Waals surface area contributed by atoms with Gasteiger partial charge in [-0.1, -0.05) is 35.8 Å². The zero-order valence-corrected chi connectivity index (χ0v) is 14.2. The van der Waals surface area contributed by atoms with Crippen molar-refractivity contribution >= 4 is 15.9 Å². The summed E-state index contributed by atoms with van der Waals surface area (Å²) in [7, 11) is 0. The maximum Gasteiger partial charge on any atom is 0.416 e. The van der Waals surface area contributed by atoms with Crippen molar-refractivity contribution in [3.05, 3.63) is 58.1 Å². The van der Waals surface area contributed by atoms with Gasteiger partial charge in [-0.05, 0) is 28.7 Å². The first-order valence-electron chi connectivity index (χ1n) is 6.89. The molecule has 2 rings (SSSR count). The van der Waals surface area contributed by atoms with Crippen molar-refractivity contribution in [2.75, 3.05) is 6.61 Å². The number of alkyl halides is 3. The topological polar surface area (TPSA) is 46.0 Å². The molecular formula is C16H16BrF3N2O. The van der Waals surface area contributed by atoms with E-state index in [1.54, 1.807) is 19.9 Å². The summed E-state index contributed by atoms with van der Waals surface area (Å²) in [6, 6.07) is 4.05. The summed E-state index contributed by atoms with van der Waals surface area (Å²) in [4.78, 5) is 7.81. The molecule has 0 aliphatic rings. The van der Waals surface area contributed by atoms with Gasteiger partial charge in [-0.25, -0.2) is 9.97 Å². The van der Waals surface area contributed by atoms with Crippen molar-refractivity contribution in [1.82, 2.24) is 9.97 Å². The van der Waals surface area contributed by atoms with Crippen LogP contribution in [-0.2, 0) is 6.18 Å². The average molecular weight is 389 g/mol. The van der Waals surface area contributed by atoms with E-state index in [1.165, 1.54) is 24.8 Å². The molecule has 0 saturated carbocycles. The molecule has 2 aromatic rings. The fraction of sp³-hybridized carbons (Fsp3) is 0.375. The highest BCUT2D eigenvalue weighted by Gasteiger charge is 2.40. The molecule has 0 bridgehead atoms. The summed E-state index contributed by atoms with van der Waals surface area (Å²) in [6.45, 7) is 3.15. The Balaban J connectivity index is 2.71. The Morgan fingerprint density at radius 3 is 2.30 bits per heavy atom. The molecule has 0 aliphatic heterocycles. The number of hydrogen-bond acceptors (Lipinski definition) is 3. The predicted molar refractivity (Wildman–Crippen MR) is 83.9 cm³/mol. The maximum atomic E-state index is 13.5. The SMILES string of the molecule is CC(C)(CO)C(c1cncnc1)c1ccc(Br)cc1C(F)(F)F. The Morgan fingerprint density at radius 1 is 1.17 bits per heavy atom. The van der Waals surface area contributed by atoms with Crippen LogP contribution in [0.1, 0.15) is 36.5 Å². The van der Waals surface area contributed by atoms with Crippen molar-refractivity contribution < 1.29 is 18.3 Å². The van der Waals surface area contributed by atoms with Crippen LogP contribution in [0, 0.1) is 5.41 Å². The fourth-order valence-corrected chi connectivity index (χ4v) is 2.99. The van der Waals surface area contributed by atoms with Crippen LogP contribution >= 0.6 is 15.9 Å². The third kappa shape index (κ3) is 3.90. The van der Waals surface area contributed by atoms with Gasteiger partial charge in [0.05, 0.1) is 5.56 Å². The number of halogens is 4. The third-order valence-corrected chi connectivity index (χ3v) is 4.23. The second-order valence-corrected chi connectivity index (χ2v) is 6.90. The van der Waals surface area contributed by atoms with Gasteiger partial charge in [0.15, 0.2) is 0 Å². The lowest BCUT2D eigenvalue weighted by Crippen LogP contribution is -2.29. The molecule has 1 unspecified atom stereocenters. The smallest absolute Gasteiger partial charge is 0.396 e. The normalized spacial score (nSPS) is 13.9. The highest BCUT2D eigenvalue weighted by molar-refractivity contribution is 9.10. The van der Waals surface area contributed by atoms with Crippen molar-refractivity contribution in [2.24, 2.45) is 5.41 Å². The molecular weight excluding hydrogens is 373 g/mol. The second-order valence-electron chi connectivity index (χ2n) is 5.98. The number of rotatable bonds is 4. The van der Waals surface area contributed by atoms with Crippen LogP contribution in [0.25, 0.3) is 0 Å². The quantitative estimate of drug-likeness (QED) is 0.843. The molecule has 1 heterocycles. The largest absolute Gasteiger partial charge is 0.416 e. The number of hydrogen-bond donors (Lipinski definition) is 1. The van der Waals surface area contributed by atoms with Gasteiger partial charge in [-0.3, -0.25) is 0 Å². The fourth-order valence-electron chi connectivity index (χ4n) is 2.63. The lowest BCUT2D eigenvalue weighted by molar-refractivity contribution is -0.138. The molecule has 0 radical (unpaired) electrons. The molecule has 1 N–H and O–H groups in total. The van der Waals surface area contributed by atoms with Crippen LogP contribution in [-0.4, -0.2) is 21.7 Å². The summed E-state index contributed by atoms with van der Waals surface area (Å²) in [5, 5.41) is 9.70. The van der Waals surface area contributed by atoms with Crippen LogP contribution in [0.2, 0.25) is 0 Å². The number of aliphatic hydroxyl groups is 1. The van der Waals surface area contributed by atoms with Crippen LogP contribution in [0.4, 0.5) is 13.2 Å². The molecule has 0 amide bonds. The van der Waals surface area contributed by atoms with Crippen LogP contribution in [0.3, 0.4) is 0 Å². The van der Waals surface area contributed by atoms with Crippen molar-refractivity contribution in [1.29, 1.82) is 0 Å². The second kappa shape index (κ2) is 6.57. The predicted octanol–water partition coefficient (Wildman–Crippen LogP) is 4.41. The Morgan fingerprint density at radius 2 is 1.78 bits per heavy atom. The van der Waals surface area contributed by atoms with E-state index in [1.807, 2.05) is 0 Å². The summed E-state index contributed by atoms with van der Waals surface area (Å²) in [5.41, 5.74) is -0.936. The molecule has 1 atom stereocenters. The van der Waals surface area contributed by atoms with E-state index < -0.39 is 23.1 Å². The standard InChI is InChI=1S/C16H16BrF3N2O/c1-15(2,8-23)14(10-6-21-9-22-7-10)12-4-3-11(17)5-13(12)16(18,19)20/h3-7,9,14,23H,8H2,1-2H3. The molecule has 0 aliphatic carbocycles. The Bertz CT molecular complexity index is 675. The van der Waals surface area contributed by atoms with Crippen molar-refractivity contribution in [3.63, 3.8) is 0 Å². The first kappa shape index (κ1) is 17.9. The minimum Gasteiger partial charge on any atom is -0.396 e. The van der Waals surface area contributed by atoms with Gasteiger partial charge in [-0.2, -0.15) is 13.2 Å². The van der Waals surface area contributed by atoms with Gasteiger partial charge in [0, 0.05) is 29.4 Å². The zero-order valence-electron chi connectivity index (χ0n) is 12.6. The summed E-state index contributed by atoms with van der Waals surface area (Å²) in [5.74, 6) is -0.696. The number of aliphatic hydroxyl groups excluding tert-OH is 1. The van der Waals surface area contributed by atoms with Crippen molar-refractivity contribution in [2.45, 2.75) is 25.9 Å². The van der Waals surface area contributed by atoms with Gasteiger partial charge in [0.1, 0.15) is 6.33 Å². The maximum absolute atomic E-state index is 13.5. The van der Waals surface area contributed by atoms with Gasteiger partial charge in [0.25, 0.3) is 0 Å². The molecule has 0 saturated heterocycles. The van der Waals surface area contributed by atoms with E-state index in [4.69, 9.17) is 0 Å². The van der Waals surface area contributed by atoms with E-state index in [9.17, 15) is 18.3 Å². The van der Waals surface area contributed by atoms with Crippen LogP contribution in [0.15, 0.2) is 41.4 Å². The van der Waals surface area contributed by atoms with Crippen LogP contribution in [0.5, 0.6) is 0 Å². The minimum absolute atomic E-state index is 0.0922. The molecule has 124 valence electrons. The summed E-state index contributed by atoms with van der Waals surface area (Å²) >= 11 is 3.09. The molecule has 23 heavy (non-hydrogen) atoms.